The monoisotopic (exact) mass is 250 g/mol. The molecule has 3 nitrogen and oxygen atoms in total. The van der Waals surface area contributed by atoms with Gasteiger partial charge in [-0.3, -0.25) is 4.79 Å². The molecule has 1 aromatic carbocycles. The first-order valence-electron chi connectivity index (χ1n) is 4.76. The summed E-state index contributed by atoms with van der Waals surface area (Å²) in [6, 6.07) is 7.58. The van der Waals surface area contributed by atoms with Gasteiger partial charge in [-0.2, -0.15) is 4.99 Å². The van der Waals surface area contributed by atoms with Crippen LogP contribution >= 0.6 is 23.4 Å². The quantitative estimate of drug-likeness (QED) is 0.768. The standard InChI is InChI=1S/C11H7ClN2OS/c12-8-3-1-7(2-4-8)9-6-16-11-13-10(15)5-14(9)11/h1-4,6H,5H2. The number of fused-ring (bicyclic) bond motifs is 1. The van der Waals surface area contributed by atoms with Crippen molar-refractivity contribution in [2.24, 2.45) is 4.99 Å². The van der Waals surface area contributed by atoms with E-state index >= 15 is 0 Å². The van der Waals surface area contributed by atoms with Gasteiger partial charge in [0, 0.05) is 10.4 Å². The van der Waals surface area contributed by atoms with Crippen LogP contribution in [0.25, 0.3) is 5.70 Å². The van der Waals surface area contributed by atoms with Crippen LogP contribution in [0.4, 0.5) is 0 Å². The van der Waals surface area contributed by atoms with Crippen LogP contribution in [0.1, 0.15) is 5.56 Å². The third kappa shape index (κ3) is 1.54. The fourth-order valence-electron chi connectivity index (χ4n) is 1.70. The molecule has 3 rings (SSSR count). The third-order valence-corrected chi connectivity index (χ3v) is 3.57. The topological polar surface area (TPSA) is 32.7 Å². The Hall–Kier alpha value is -1.26. The van der Waals surface area contributed by atoms with Crippen LogP contribution in [0.15, 0.2) is 34.7 Å². The lowest BCUT2D eigenvalue weighted by Gasteiger charge is -2.15. The minimum atomic E-state index is -0.0814. The molecule has 1 aromatic rings. The lowest BCUT2D eigenvalue weighted by molar-refractivity contribution is -0.116. The normalized spacial score (nSPS) is 18.6. The molecule has 0 spiro atoms. The smallest absolute Gasteiger partial charge is 0.268 e. The first-order chi connectivity index (χ1) is 7.74. The molecule has 0 aliphatic carbocycles. The van der Waals surface area contributed by atoms with Gasteiger partial charge in [-0.05, 0) is 17.7 Å². The van der Waals surface area contributed by atoms with Crippen molar-refractivity contribution in [2.75, 3.05) is 6.54 Å². The summed E-state index contributed by atoms with van der Waals surface area (Å²) in [6.45, 7) is 0.344. The van der Waals surface area contributed by atoms with Crippen LogP contribution in [-0.2, 0) is 4.79 Å². The number of nitrogens with zero attached hydrogens (tertiary/aromatic N) is 2. The summed E-state index contributed by atoms with van der Waals surface area (Å²) in [5.74, 6) is -0.0814. The Balaban J connectivity index is 1.95. The van der Waals surface area contributed by atoms with Gasteiger partial charge >= 0.3 is 0 Å². The summed E-state index contributed by atoms with van der Waals surface area (Å²) < 4.78 is 0. The molecule has 1 amide bonds. The summed E-state index contributed by atoms with van der Waals surface area (Å²) >= 11 is 7.32. The molecule has 2 aliphatic heterocycles. The van der Waals surface area contributed by atoms with Crippen molar-refractivity contribution in [1.29, 1.82) is 0 Å². The zero-order valence-electron chi connectivity index (χ0n) is 8.18. The third-order valence-electron chi connectivity index (χ3n) is 2.45. The fourth-order valence-corrected chi connectivity index (χ4v) is 2.75. The molecule has 0 bridgehead atoms. The summed E-state index contributed by atoms with van der Waals surface area (Å²) in [5.41, 5.74) is 2.07. The van der Waals surface area contributed by atoms with E-state index in [4.69, 9.17) is 11.6 Å². The maximum absolute atomic E-state index is 11.2. The number of hydrogen-bond donors (Lipinski definition) is 0. The molecule has 0 aromatic heterocycles. The number of amides is 1. The van der Waals surface area contributed by atoms with Gasteiger partial charge in [-0.25, -0.2) is 0 Å². The van der Waals surface area contributed by atoms with Crippen molar-refractivity contribution >= 4 is 40.1 Å². The zero-order chi connectivity index (χ0) is 11.1. The Labute approximate surface area is 102 Å². The fraction of sp³-hybridized carbons (Fsp3) is 0.0909. The predicted molar refractivity (Wildman–Crippen MR) is 66.2 cm³/mol. The number of thioether (sulfide) groups is 1. The Morgan fingerprint density at radius 3 is 2.81 bits per heavy atom. The molecule has 0 saturated carbocycles. The van der Waals surface area contributed by atoms with E-state index in [1.807, 2.05) is 34.6 Å². The molecule has 2 aliphatic rings. The van der Waals surface area contributed by atoms with E-state index in [9.17, 15) is 4.79 Å². The molecule has 0 N–H and O–H groups in total. The molecular weight excluding hydrogens is 244 g/mol. The van der Waals surface area contributed by atoms with Crippen molar-refractivity contribution in [3.8, 4) is 0 Å². The van der Waals surface area contributed by atoms with Gasteiger partial charge in [0.2, 0.25) is 0 Å². The molecule has 2 heterocycles. The number of carbonyl (C=O) groups excluding carboxylic acids is 1. The highest BCUT2D eigenvalue weighted by Crippen LogP contribution is 2.35. The number of aliphatic imine (C=N–C) groups is 1. The summed E-state index contributed by atoms with van der Waals surface area (Å²) in [7, 11) is 0. The highest BCUT2D eigenvalue weighted by molar-refractivity contribution is 8.16. The molecule has 0 radical (unpaired) electrons. The number of carbonyl (C=O) groups is 1. The predicted octanol–water partition coefficient (Wildman–Crippen LogP) is 2.58. The van der Waals surface area contributed by atoms with E-state index in [-0.39, 0.29) is 5.91 Å². The molecule has 5 heteroatoms. The lowest BCUT2D eigenvalue weighted by atomic mass is 10.1. The van der Waals surface area contributed by atoms with Crippen molar-refractivity contribution in [2.45, 2.75) is 0 Å². The maximum Gasteiger partial charge on any atom is 0.268 e. The lowest BCUT2D eigenvalue weighted by Crippen LogP contribution is -2.21. The number of amidine groups is 1. The molecule has 0 fully saturated rings. The second kappa shape index (κ2) is 3.64. The van der Waals surface area contributed by atoms with Crippen LogP contribution in [0.2, 0.25) is 5.02 Å². The van der Waals surface area contributed by atoms with Gasteiger partial charge in [0.25, 0.3) is 5.91 Å². The van der Waals surface area contributed by atoms with Crippen molar-refractivity contribution < 1.29 is 4.79 Å². The first-order valence-corrected chi connectivity index (χ1v) is 6.01. The number of benzene rings is 1. The molecule has 0 atom stereocenters. The molecule has 0 unspecified atom stereocenters. The highest BCUT2D eigenvalue weighted by Gasteiger charge is 2.31. The van der Waals surface area contributed by atoms with Crippen LogP contribution in [-0.4, -0.2) is 22.5 Å². The number of rotatable bonds is 1. The van der Waals surface area contributed by atoms with Crippen molar-refractivity contribution in [3.63, 3.8) is 0 Å². The largest absolute Gasteiger partial charge is 0.310 e. The summed E-state index contributed by atoms with van der Waals surface area (Å²) in [4.78, 5) is 17.1. The number of hydrogen-bond acceptors (Lipinski definition) is 3. The van der Waals surface area contributed by atoms with Gasteiger partial charge < -0.3 is 4.90 Å². The van der Waals surface area contributed by atoms with Crippen molar-refractivity contribution in [1.82, 2.24) is 4.90 Å². The Kier molecular flexibility index (Phi) is 2.26. The number of halogens is 1. The average molecular weight is 251 g/mol. The van der Waals surface area contributed by atoms with Crippen LogP contribution in [0.3, 0.4) is 0 Å². The van der Waals surface area contributed by atoms with Crippen LogP contribution in [0.5, 0.6) is 0 Å². The van der Waals surface area contributed by atoms with Gasteiger partial charge in [-0.1, -0.05) is 35.5 Å². The van der Waals surface area contributed by atoms with Gasteiger partial charge in [0.15, 0.2) is 5.17 Å². The maximum atomic E-state index is 11.2. The Bertz CT molecular complexity index is 521. The van der Waals surface area contributed by atoms with E-state index in [0.717, 1.165) is 16.4 Å². The second-order valence-corrected chi connectivity index (χ2v) is 4.78. The average Bonchev–Trinajstić information content (AvgIpc) is 2.78. The minimum Gasteiger partial charge on any atom is -0.310 e. The zero-order valence-corrected chi connectivity index (χ0v) is 9.76. The Morgan fingerprint density at radius 2 is 2.06 bits per heavy atom. The summed E-state index contributed by atoms with van der Waals surface area (Å²) in [5, 5.41) is 3.49. The molecule has 0 saturated heterocycles. The first kappa shape index (κ1) is 9.93. The van der Waals surface area contributed by atoms with E-state index < -0.39 is 0 Å². The molecule has 16 heavy (non-hydrogen) atoms. The molecular formula is C11H7ClN2OS. The minimum absolute atomic E-state index is 0.0814. The van der Waals surface area contributed by atoms with Crippen LogP contribution in [0, 0.1) is 0 Å². The van der Waals surface area contributed by atoms with Gasteiger partial charge in [0.1, 0.15) is 6.54 Å². The second-order valence-electron chi connectivity index (χ2n) is 3.50. The summed E-state index contributed by atoms with van der Waals surface area (Å²) in [6.07, 6.45) is 0. The van der Waals surface area contributed by atoms with Crippen molar-refractivity contribution in [3.05, 3.63) is 40.3 Å². The van der Waals surface area contributed by atoms with Crippen LogP contribution < -0.4 is 0 Å². The van der Waals surface area contributed by atoms with E-state index in [2.05, 4.69) is 4.99 Å². The van der Waals surface area contributed by atoms with Gasteiger partial charge in [-0.15, -0.1) is 0 Å². The van der Waals surface area contributed by atoms with E-state index in [0.29, 0.717) is 11.6 Å². The molecule has 80 valence electrons. The Morgan fingerprint density at radius 1 is 1.31 bits per heavy atom. The van der Waals surface area contributed by atoms with E-state index in [1.165, 1.54) is 11.8 Å². The van der Waals surface area contributed by atoms with Gasteiger partial charge in [0.05, 0.1) is 5.70 Å². The van der Waals surface area contributed by atoms with E-state index in [1.54, 1.807) is 0 Å². The highest BCUT2D eigenvalue weighted by atomic mass is 35.5. The SMILES string of the molecule is O=C1CN2C(c3ccc(Cl)cc3)=CSC2=N1.